The van der Waals surface area contributed by atoms with E-state index >= 15 is 0 Å². The number of rotatable bonds is 1. The molecular formula is C10H11NO2. The maximum Gasteiger partial charge on any atom is 0.180 e. The fourth-order valence-electron chi connectivity index (χ4n) is 1.46. The number of carbonyl (C=O) groups is 1. The Balaban J connectivity index is 2.15. The predicted molar refractivity (Wildman–Crippen MR) is 49.4 cm³/mol. The van der Waals surface area contributed by atoms with Crippen LogP contribution in [0.3, 0.4) is 0 Å². The van der Waals surface area contributed by atoms with Crippen LogP contribution in [0.1, 0.15) is 19.8 Å². The summed E-state index contributed by atoms with van der Waals surface area (Å²) >= 11 is 0. The first kappa shape index (κ1) is 8.23. The lowest BCUT2D eigenvalue weighted by molar-refractivity contribution is -0.110. The number of ketones is 1. The molecule has 3 nitrogen and oxygen atoms in total. The summed E-state index contributed by atoms with van der Waals surface area (Å²) in [6.07, 6.45) is 8.30. The van der Waals surface area contributed by atoms with Crippen LogP contribution in [-0.4, -0.2) is 17.1 Å². The third-order valence-electron chi connectivity index (χ3n) is 2.29. The molecule has 68 valence electrons. The molecule has 3 heteroatoms. The Morgan fingerprint density at radius 3 is 2.77 bits per heavy atom. The molecule has 2 aliphatic rings. The Kier molecular flexibility index (Phi) is 1.79. The lowest BCUT2D eigenvalue weighted by Crippen LogP contribution is -2.26. The van der Waals surface area contributed by atoms with Gasteiger partial charge in [0.1, 0.15) is 0 Å². The van der Waals surface area contributed by atoms with Crippen molar-refractivity contribution in [1.29, 1.82) is 0 Å². The van der Waals surface area contributed by atoms with Gasteiger partial charge in [0.15, 0.2) is 11.4 Å². The molecule has 13 heavy (non-hydrogen) atoms. The summed E-state index contributed by atoms with van der Waals surface area (Å²) in [5.74, 6) is 0.0131. The highest BCUT2D eigenvalue weighted by atomic mass is 16.7. The minimum Gasteiger partial charge on any atom is -0.380 e. The molecule has 2 rings (SSSR count). The predicted octanol–water partition coefficient (Wildman–Crippen LogP) is 1.61. The topological polar surface area (TPSA) is 38.7 Å². The summed E-state index contributed by atoms with van der Waals surface area (Å²) < 4.78 is 0. The third kappa shape index (κ3) is 1.41. The molecular weight excluding hydrogens is 166 g/mol. The normalized spacial score (nSPS) is 23.5. The Bertz CT molecular complexity index is 310. The first-order valence-corrected chi connectivity index (χ1v) is 4.40. The number of nitrogens with zero attached hydrogens (tertiary/aromatic N) is 1. The molecule has 0 bridgehead atoms. The standard InChI is InChI=1S/C10H11NO2/c1-2-8-7-10(13-11-8)5-3-9(12)4-6-10/h3-6H,2,7H2,1H3. The summed E-state index contributed by atoms with van der Waals surface area (Å²) in [5, 5.41) is 3.96. The number of allylic oxidation sites excluding steroid dienone is 2. The van der Waals surface area contributed by atoms with Crippen molar-refractivity contribution in [3.63, 3.8) is 0 Å². The number of oxime groups is 1. The van der Waals surface area contributed by atoms with Gasteiger partial charge < -0.3 is 4.84 Å². The zero-order valence-corrected chi connectivity index (χ0v) is 7.49. The molecule has 0 radical (unpaired) electrons. The number of carbonyl (C=O) groups excluding carboxylic acids is 1. The summed E-state index contributed by atoms with van der Waals surface area (Å²) in [5.41, 5.74) is 0.586. The summed E-state index contributed by atoms with van der Waals surface area (Å²) in [7, 11) is 0. The first-order valence-electron chi connectivity index (χ1n) is 4.40. The average Bonchev–Trinajstić information content (AvgIpc) is 2.55. The second-order valence-corrected chi connectivity index (χ2v) is 3.30. The van der Waals surface area contributed by atoms with Gasteiger partial charge in [0.2, 0.25) is 0 Å². The van der Waals surface area contributed by atoms with Gasteiger partial charge in [-0.15, -0.1) is 0 Å². The molecule has 0 fully saturated rings. The van der Waals surface area contributed by atoms with Gasteiger partial charge in [0.05, 0.1) is 5.71 Å². The molecule has 1 spiro atoms. The van der Waals surface area contributed by atoms with Crippen LogP contribution in [0, 0.1) is 0 Å². The molecule has 0 unspecified atom stereocenters. The molecule has 0 atom stereocenters. The Morgan fingerprint density at radius 2 is 2.23 bits per heavy atom. The number of hydrogen-bond acceptors (Lipinski definition) is 3. The molecule has 0 aromatic rings. The van der Waals surface area contributed by atoms with Crippen molar-refractivity contribution in [3.8, 4) is 0 Å². The Labute approximate surface area is 76.8 Å². The van der Waals surface area contributed by atoms with Crippen LogP contribution in [0.15, 0.2) is 29.5 Å². The van der Waals surface area contributed by atoms with Crippen molar-refractivity contribution in [2.45, 2.75) is 25.4 Å². The monoisotopic (exact) mass is 177 g/mol. The van der Waals surface area contributed by atoms with Gasteiger partial charge in [-0.05, 0) is 30.7 Å². The third-order valence-corrected chi connectivity index (χ3v) is 2.29. The molecule has 1 heterocycles. The molecule has 0 saturated heterocycles. The van der Waals surface area contributed by atoms with Gasteiger partial charge in [-0.2, -0.15) is 0 Å². The van der Waals surface area contributed by atoms with Crippen molar-refractivity contribution in [3.05, 3.63) is 24.3 Å². The molecule has 1 aliphatic heterocycles. The van der Waals surface area contributed by atoms with Crippen LogP contribution in [-0.2, 0) is 9.63 Å². The van der Waals surface area contributed by atoms with E-state index in [2.05, 4.69) is 5.16 Å². The quantitative estimate of drug-likeness (QED) is 0.610. The lowest BCUT2D eigenvalue weighted by Gasteiger charge is -2.19. The van der Waals surface area contributed by atoms with Crippen molar-refractivity contribution in [2.75, 3.05) is 0 Å². The lowest BCUT2D eigenvalue weighted by atomic mass is 9.92. The maximum absolute atomic E-state index is 10.9. The zero-order chi connectivity index (χ0) is 9.31. The Hall–Kier alpha value is -1.38. The zero-order valence-electron chi connectivity index (χ0n) is 7.49. The Morgan fingerprint density at radius 1 is 1.54 bits per heavy atom. The van der Waals surface area contributed by atoms with Crippen molar-refractivity contribution in [1.82, 2.24) is 0 Å². The highest BCUT2D eigenvalue weighted by molar-refractivity contribution is 6.01. The van der Waals surface area contributed by atoms with E-state index in [0.717, 1.165) is 18.6 Å². The second kappa shape index (κ2) is 2.83. The molecule has 0 aromatic heterocycles. The van der Waals surface area contributed by atoms with Crippen LogP contribution < -0.4 is 0 Å². The molecule has 0 N–H and O–H groups in total. The van der Waals surface area contributed by atoms with Gasteiger partial charge in [-0.1, -0.05) is 12.1 Å². The van der Waals surface area contributed by atoms with Crippen LogP contribution in [0.2, 0.25) is 0 Å². The summed E-state index contributed by atoms with van der Waals surface area (Å²) in [4.78, 5) is 16.2. The van der Waals surface area contributed by atoms with E-state index in [1.54, 1.807) is 12.2 Å². The van der Waals surface area contributed by atoms with Crippen LogP contribution >= 0.6 is 0 Å². The van der Waals surface area contributed by atoms with E-state index in [1.807, 2.05) is 6.92 Å². The highest BCUT2D eigenvalue weighted by Crippen LogP contribution is 2.29. The van der Waals surface area contributed by atoms with Gasteiger partial charge in [0.25, 0.3) is 0 Å². The summed E-state index contributed by atoms with van der Waals surface area (Å²) in [6.45, 7) is 2.04. The minimum atomic E-state index is -0.459. The van der Waals surface area contributed by atoms with E-state index in [0.29, 0.717) is 0 Å². The van der Waals surface area contributed by atoms with Crippen LogP contribution in [0.5, 0.6) is 0 Å². The SMILES string of the molecule is CCC1=NOC2(C=CC(=O)C=C2)C1. The molecule has 0 aromatic carbocycles. The van der Waals surface area contributed by atoms with Gasteiger partial charge in [-0.3, -0.25) is 4.79 Å². The fraction of sp³-hybridized carbons (Fsp3) is 0.400. The van der Waals surface area contributed by atoms with Crippen molar-refractivity contribution in [2.24, 2.45) is 5.16 Å². The molecule has 0 saturated carbocycles. The summed E-state index contributed by atoms with van der Waals surface area (Å²) in [6, 6.07) is 0. The van der Waals surface area contributed by atoms with Crippen LogP contribution in [0.4, 0.5) is 0 Å². The molecule has 1 aliphatic carbocycles. The first-order chi connectivity index (χ1) is 6.24. The maximum atomic E-state index is 10.9. The highest BCUT2D eigenvalue weighted by Gasteiger charge is 2.35. The average molecular weight is 177 g/mol. The largest absolute Gasteiger partial charge is 0.380 e. The van der Waals surface area contributed by atoms with Crippen molar-refractivity contribution >= 4 is 11.5 Å². The minimum absolute atomic E-state index is 0.0131. The van der Waals surface area contributed by atoms with Crippen molar-refractivity contribution < 1.29 is 9.63 Å². The van der Waals surface area contributed by atoms with E-state index in [9.17, 15) is 4.79 Å². The van der Waals surface area contributed by atoms with Crippen LogP contribution in [0.25, 0.3) is 0 Å². The van der Waals surface area contributed by atoms with E-state index < -0.39 is 5.60 Å². The van der Waals surface area contributed by atoms with Gasteiger partial charge in [0, 0.05) is 6.42 Å². The fourth-order valence-corrected chi connectivity index (χ4v) is 1.46. The number of hydrogen-bond donors (Lipinski definition) is 0. The smallest absolute Gasteiger partial charge is 0.180 e. The van der Waals surface area contributed by atoms with Gasteiger partial charge >= 0.3 is 0 Å². The van der Waals surface area contributed by atoms with E-state index in [-0.39, 0.29) is 5.78 Å². The van der Waals surface area contributed by atoms with E-state index in [1.165, 1.54) is 12.2 Å². The van der Waals surface area contributed by atoms with E-state index in [4.69, 9.17) is 4.84 Å². The van der Waals surface area contributed by atoms with Gasteiger partial charge in [-0.25, -0.2) is 0 Å². The molecule has 0 amide bonds. The second-order valence-electron chi connectivity index (χ2n) is 3.30.